The van der Waals surface area contributed by atoms with Crippen molar-refractivity contribution in [2.75, 3.05) is 25.0 Å². The van der Waals surface area contributed by atoms with Gasteiger partial charge in [0.15, 0.2) is 0 Å². The van der Waals surface area contributed by atoms with E-state index in [9.17, 15) is 18.0 Å². The van der Waals surface area contributed by atoms with Crippen LogP contribution in [-0.4, -0.2) is 56.4 Å². The van der Waals surface area contributed by atoms with Crippen molar-refractivity contribution < 1.29 is 18.0 Å². The van der Waals surface area contributed by atoms with Crippen molar-refractivity contribution in [3.63, 3.8) is 0 Å². The highest BCUT2D eigenvalue weighted by molar-refractivity contribution is 5.94. The number of amides is 1. The number of pyridine rings is 2. The van der Waals surface area contributed by atoms with Gasteiger partial charge in [0.2, 0.25) is 5.91 Å². The number of alkyl halides is 3. The maximum absolute atomic E-state index is 12.6. The average molecular weight is 432 g/mol. The van der Waals surface area contributed by atoms with Gasteiger partial charge in [-0.1, -0.05) is 0 Å². The number of carbonyl (C=O) groups is 1. The molecule has 3 aromatic rings. The molecule has 0 spiro atoms. The van der Waals surface area contributed by atoms with Gasteiger partial charge in [0, 0.05) is 49.1 Å². The van der Waals surface area contributed by atoms with E-state index in [0.717, 1.165) is 22.0 Å². The predicted molar refractivity (Wildman–Crippen MR) is 110 cm³/mol. The van der Waals surface area contributed by atoms with Crippen LogP contribution in [-0.2, 0) is 11.8 Å². The summed E-state index contributed by atoms with van der Waals surface area (Å²) in [4.78, 5) is 23.1. The number of nitrogens with zero attached hydrogens (tertiary/aromatic N) is 5. The summed E-state index contributed by atoms with van der Waals surface area (Å²) in [6, 6.07) is 3.72. The van der Waals surface area contributed by atoms with Crippen molar-refractivity contribution in [1.82, 2.24) is 24.6 Å². The molecule has 10 heteroatoms. The molecule has 31 heavy (non-hydrogen) atoms. The molecule has 0 bridgehead atoms. The standard InChI is InChI=1S/C21H23F3N6O/c1-29-13-17(12-27-29)18-8-15-9-19(26-11-16(15)10-25-18)28-20(31)14-2-5-30(6-3-14)7-4-21(22,23)24/h8-14H,2-7H2,1H3,(H,26,28,31). The lowest BCUT2D eigenvalue weighted by Crippen LogP contribution is -2.39. The van der Waals surface area contributed by atoms with E-state index in [-0.39, 0.29) is 18.4 Å². The molecule has 0 saturated carbocycles. The van der Waals surface area contributed by atoms with Gasteiger partial charge >= 0.3 is 6.18 Å². The maximum atomic E-state index is 12.6. The molecule has 3 aromatic heterocycles. The lowest BCUT2D eigenvalue weighted by atomic mass is 9.96. The summed E-state index contributed by atoms with van der Waals surface area (Å²) < 4.78 is 38.9. The zero-order valence-corrected chi connectivity index (χ0v) is 17.1. The zero-order chi connectivity index (χ0) is 22.0. The first kappa shape index (κ1) is 21.2. The molecule has 0 aromatic carbocycles. The van der Waals surface area contributed by atoms with Crippen LogP contribution in [0.5, 0.6) is 0 Å². The average Bonchev–Trinajstić information content (AvgIpc) is 3.18. The van der Waals surface area contributed by atoms with Gasteiger partial charge in [0.05, 0.1) is 18.3 Å². The van der Waals surface area contributed by atoms with Gasteiger partial charge < -0.3 is 10.2 Å². The van der Waals surface area contributed by atoms with E-state index in [1.807, 2.05) is 19.3 Å². The lowest BCUT2D eigenvalue weighted by molar-refractivity contribution is -0.139. The highest BCUT2D eigenvalue weighted by atomic mass is 19.4. The van der Waals surface area contributed by atoms with E-state index in [0.29, 0.717) is 31.7 Å². The molecule has 1 aliphatic rings. The third-order valence-electron chi connectivity index (χ3n) is 5.53. The molecule has 4 rings (SSSR count). The minimum Gasteiger partial charge on any atom is -0.310 e. The van der Waals surface area contributed by atoms with Crippen LogP contribution in [0.15, 0.2) is 36.9 Å². The van der Waals surface area contributed by atoms with Crippen LogP contribution in [0.25, 0.3) is 22.0 Å². The molecule has 164 valence electrons. The molecule has 1 amide bonds. The minimum absolute atomic E-state index is 0.0165. The van der Waals surface area contributed by atoms with Crippen molar-refractivity contribution in [2.45, 2.75) is 25.4 Å². The first-order valence-electron chi connectivity index (χ1n) is 10.1. The third kappa shape index (κ3) is 5.38. The molecular formula is C21H23F3N6O. The van der Waals surface area contributed by atoms with Crippen molar-refractivity contribution in [3.05, 3.63) is 36.9 Å². The second-order valence-corrected chi connectivity index (χ2v) is 7.86. The van der Waals surface area contributed by atoms with E-state index < -0.39 is 12.6 Å². The Balaban J connectivity index is 1.38. The van der Waals surface area contributed by atoms with Gasteiger partial charge in [-0.3, -0.25) is 14.5 Å². The fourth-order valence-corrected chi connectivity index (χ4v) is 3.75. The second kappa shape index (κ2) is 8.62. The van der Waals surface area contributed by atoms with Crippen LogP contribution in [0.1, 0.15) is 19.3 Å². The summed E-state index contributed by atoms with van der Waals surface area (Å²) in [7, 11) is 1.84. The van der Waals surface area contributed by atoms with Crippen LogP contribution < -0.4 is 5.32 Å². The van der Waals surface area contributed by atoms with Crippen LogP contribution in [0.4, 0.5) is 19.0 Å². The van der Waals surface area contributed by atoms with Gasteiger partial charge in [-0.2, -0.15) is 18.3 Å². The Hall–Kier alpha value is -3.01. The number of rotatable bonds is 5. The molecule has 0 unspecified atom stereocenters. The van der Waals surface area contributed by atoms with Gasteiger partial charge in [-0.25, -0.2) is 4.98 Å². The maximum Gasteiger partial charge on any atom is 0.390 e. The summed E-state index contributed by atoms with van der Waals surface area (Å²) in [6.45, 7) is 0.955. The Bertz CT molecular complexity index is 1070. The van der Waals surface area contributed by atoms with Gasteiger partial charge in [0.25, 0.3) is 0 Å². The lowest BCUT2D eigenvalue weighted by Gasteiger charge is -2.31. The highest BCUT2D eigenvalue weighted by Crippen LogP contribution is 2.25. The third-order valence-corrected chi connectivity index (χ3v) is 5.53. The number of hydrogen-bond acceptors (Lipinski definition) is 5. The number of aromatic nitrogens is 4. The number of carbonyl (C=O) groups excluding carboxylic acids is 1. The topological polar surface area (TPSA) is 75.9 Å². The Morgan fingerprint density at radius 3 is 2.55 bits per heavy atom. The van der Waals surface area contributed by atoms with Crippen molar-refractivity contribution >= 4 is 22.5 Å². The summed E-state index contributed by atoms with van der Waals surface area (Å²) in [5.74, 6) is 0.0622. The van der Waals surface area contributed by atoms with E-state index in [2.05, 4.69) is 20.4 Å². The van der Waals surface area contributed by atoms with Crippen LogP contribution in [0.3, 0.4) is 0 Å². The van der Waals surface area contributed by atoms with E-state index in [1.54, 1.807) is 34.2 Å². The molecule has 1 aliphatic heterocycles. The highest BCUT2D eigenvalue weighted by Gasteiger charge is 2.30. The molecule has 1 saturated heterocycles. The van der Waals surface area contributed by atoms with Crippen LogP contribution >= 0.6 is 0 Å². The molecule has 0 aliphatic carbocycles. The zero-order valence-electron chi connectivity index (χ0n) is 17.1. The number of likely N-dealkylation sites (tertiary alicyclic amines) is 1. The Labute approximate surface area is 177 Å². The summed E-state index contributed by atoms with van der Waals surface area (Å²) in [5.41, 5.74) is 1.67. The molecule has 1 fully saturated rings. The number of fused-ring (bicyclic) bond motifs is 1. The number of aryl methyl sites for hydroxylation is 1. The fourth-order valence-electron chi connectivity index (χ4n) is 3.75. The van der Waals surface area contributed by atoms with Crippen LogP contribution in [0.2, 0.25) is 0 Å². The second-order valence-electron chi connectivity index (χ2n) is 7.86. The molecule has 4 heterocycles. The number of hydrogen-bond donors (Lipinski definition) is 1. The van der Waals surface area contributed by atoms with E-state index in [4.69, 9.17) is 0 Å². The first-order chi connectivity index (χ1) is 14.8. The summed E-state index contributed by atoms with van der Waals surface area (Å²) in [6.07, 6.45) is 3.09. The summed E-state index contributed by atoms with van der Waals surface area (Å²) in [5, 5.41) is 8.75. The Morgan fingerprint density at radius 2 is 1.87 bits per heavy atom. The predicted octanol–water partition coefficient (Wildman–Crippen LogP) is 3.63. The number of nitrogens with one attached hydrogen (secondary N) is 1. The van der Waals surface area contributed by atoms with Crippen molar-refractivity contribution in [2.24, 2.45) is 13.0 Å². The Morgan fingerprint density at radius 1 is 1.13 bits per heavy atom. The number of piperidine rings is 1. The molecule has 7 nitrogen and oxygen atoms in total. The molecular weight excluding hydrogens is 409 g/mol. The smallest absolute Gasteiger partial charge is 0.310 e. The van der Waals surface area contributed by atoms with Gasteiger partial charge in [-0.15, -0.1) is 0 Å². The van der Waals surface area contributed by atoms with E-state index in [1.165, 1.54) is 0 Å². The van der Waals surface area contributed by atoms with Crippen LogP contribution in [0, 0.1) is 5.92 Å². The Kier molecular flexibility index (Phi) is 5.90. The molecule has 0 radical (unpaired) electrons. The largest absolute Gasteiger partial charge is 0.390 e. The van der Waals surface area contributed by atoms with Gasteiger partial charge in [-0.05, 0) is 43.5 Å². The van der Waals surface area contributed by atoms with Crippen molar-refractivity contribution in [3.8, 4) is 11.3 Å². The normalized spacial score (nSPS) is 16.0. The fraction of sp³-hybridized carbons (Fsp3) is 0.429. The number of anilines is 1. The molecule has 0 atom stereocenters. The monoisotopic (exact) mass is 432 g/mol. The quantitative estimate of drug-likeness (QED) is 0.666. The minimum atomic E-state index is -4.15. The molecule has 1 N–H and O–H groups in total. The summed E-state index contributed by atoms with van der Waals surface area (Å²) >= 11 is 0. The SMILES string of the molecule is Cn1cc(-c2cc3cc(NC(=O)C4CCN(CCC(F)(F)F)CC4)ncc3cn2)cn1. The van der Waals surface area contributed by atoms with Crippen molar-refractivity contribution in [1.29, 1.82) is 0 Å². The van der Waals surface area contributed by atoms with Gasteiger partial charge in [0.1, 0.15) is 5.82 Å². The number of halogens is 3. The van der Waals surface area contributed by atoms with E-state index >= 15 is 0 Å². The first-order valence-corrected chi connectivity index (χ1v) is 10.1.